The summed E-state index contributed by atoms with van der Waals surface area (Å²) in [7, 11) is -3.61. The van der Waals surface area contributed by atoms with Crippen LogP contribution in [0.3, 0.4) is 0 Å². The molecular formula is C18H21N5O3S. The Morgan fingerprint density at radius 3 is 2.70 bits per heavy atom. The van der Waals surface area contributed by atoms with Crippen LogP contribution in [-0.4, -0.2) is 34.2 Å². The smallest absolute Gasteiger partial charge is 0.240 e. The number of rotatable bonds is 5. The van der Waals surface area contributed by atoms with E-state index in [-0.39, 0.29) is 10.9 Å². The van der Waals surface area contributed by atoms with Crippen molar-refractivity contribution in [1.82, 2.24) is 24.5 Å². The zero-order valence-corrected chi connectivity index (χ0v) is 16.0. The molecule has 0 saturated carbocycles. The van der Waals surface area contributed by atoms with Gasteiger partial charge < -0.3 is 4.42 Å². The zero-order valence-electron chi connectivity index (χ0n) is 15.2. The third-order valence-electron chi connectivity index (χ3n) is 4.62. The standard InChI is InChI=1S/C18H21N5O3S/c1-3-17-20-18-9-6-14(10-23(18)21-17)22-27(24,25)15-7-4-13(5-8-15)16-11-26-12(2)19-16/h4-5,7-8,11,14,22H,3,6,9-10H2,1-2H3/t14-/m1/s1. The van der Waals surface area contributed by atoms with Crippen LogP contribution >= 0.6 is 0 Å². The van der Waals surface area contributed by atoms with Crippen LogP contribution in [0.2, 0.25) is 0 Å². The Bertz CT molecular complexity index is 1050. The Morgan fingerprint density at radius 2 is 2.04 bits per heavy atom. The van der Waals surface area contributed by atoms with E-state index < -0.39 is 10.0 Å². The lowest BCUT2D eigenvalue weighted by Crippen LogP contribution is -2.41. The average Bonchev–Trinajstić information content (AvgIpc) is 3.27. The van der Waals surface area contributed by atoms with E-state index in [4.69, 9.17) is 4.42 Å². The molecule has 0 aliphatic carbocycles. The Balaban J connectivity index is 1.48. The van der Waals surface area contributed by atoms with Crippen molar-refractivity contribution in [1.29, 1.82) is 0 Å². The first kappa shape index (κ1) is 17.9. The van der Waals surface area contributed by atoms with Crippen molar-refractivity contribution in [2.24, 2.45) is 0 Å². The van der Waals surface area contributed by atoms with Gasteiger partial charge in [-0.2, -0.15) is 5.10 Å². The van der Waals surface area contributed by atoms with Gasteiger partial charge in [0.1, 0.15) is 17.8 Å². The number of hydrogen-bond donors (Lipinski definition) is 1. The fourth-order valence-electron chi connectivity index (χ4n) is 3.19. The number of sulfonamides is 1. The largest absolute Gasteiger partial charge is 0.449 e. The monoisotopic (exact) mass is 387 g/mol. The summed E-state index contributed by atoms with van der Waals surface area (Å²) in [5.41, 5.74) is 1.49. The van der Waals surface area contributed by atoms with Gasteiger partial charge in [0.2, 0.25) is 10.0 Å². The van der Waals surface area contributed by atoms with E-state index >= 15 is 0 Å². The van der Waals surface area contributed by atoms with Crippen molar-refractivity contribution < 1.29 is 12.8 Å². The van der Waals surface area contributed by atoms with E-state index in [9.17, 15) is 8.42 Å². The summed E-state index contributed by atoms with van der Waals surface area (Å²) in [5, 5.41) is 4.42. The first-order valence-electron chi connectivity index (χ1n) is 8.92. The van der Waals surface area contributed by atoms with E-state index in [1.54, 1.807) is 37.5 Å². The van der Waals surface area contributed by atoms with Crippen LogP contribution in [0.4, 0.5) is 0 Å². The van der Waals surface area contributed by atoms with E-state index in [2.05, 4.69) is 19.8 Å². The van der Waals surface area contributed by atoms with E-state index in [1.807, 2.05) is 11.6 Å². The minimum absolute atomic E-state index is 0.202. The van der Waals surface area contributed by atoms with Gasteiger partial charge in [0.15, 0.2) is 11.7 Å². The van der Waals surface area contributed by atoms with Gasteiger partial charge in [0.25, 0.3) is 0 Å². The number of aryl methyl sites for hydroxylation is 3. The second-order valence-corrected chi connectivity index (χ2v) is 8.33. The first-order chi connectivity index (χ1) is 12.9. The second-order valence-electron chi connectivity index (χ2n) is 6.61. The summed E-state index contributed by atoms with van der Waals surface area (Å²) in [6.45, 7) is 4.27. The maximum absolute atomic E-state index is 12.7. The van der Waals surface area contributed by atoms with Crippen LogP contribution in [0.25, 0.3) is 11.3 Å². The fraction of sp³-hybridized carbons (Fsp3) is 0.389. The molecule has 1 aromatic carbocycles. The number of aromatic nitrogens is 4. The molecule has 1 aliphatic heterocycles. The fourth-order valence-corrected chi connectivity index (χ4v) is 4.46. The molecule has 1 aliphatic rings. The van der Waals surface area contributed by atoms with E-state index in [0.717, 1.165) is 23.6 Å². The molecule has 8 nitrogen and oxygen atoms in total. The lowest BCUT2D eigenvalue weighted by molar-refractivity contribution is 0.394. The highest BCUT2D eigenvalue weighted by Crippen LogP contribution is 2.22. The molecule has 4 rings (SSSR count). The normalized spacial score (nSPS) is 17.0. The van der Waals surface area contributed by atoms with Crippen LogP contribution < -0.4 is 4.72 Å². The SMILES string of the molecule is CCc1nc2n(n1)C[C@H](NS(=O)(=O)c1ccc(-c3coc(C)n3)cc1)CC2. The van der Waals surface area contributed by atoms with E-state index in [0.29, 0.717) is 31.0 Å². The Kier molecular flexibility index (Phi) is 4.56. The van der Waals surface area contributed by atoms with E-state index in [1.165, 1.54) is 0 Å². The first-order valence-corrected chi connectivity index (χ1v) is 10.4. The molecule has 0 bridgehead atoms. The van der Waals surface area contributed by atoms with Crippen molar-refractivity contribution >= 4 is 10.0 Å². The minimum Gasteiger partial charge on any atom is -0.449 e. The summed E-state index contributed by atoms with van der Waals surface area (Å²) in [6.07, 6.45) is 3.75. The Labute approximate surface area is 157 Å². The second kappa shape index (κ2) is 6.90. The molecule has 9 heteroatoms. The molecular weight excluding hydrogens is 366 g/mol. The third kappa shape index (κ3) is 3.65. The highest BCUT2D eigenvalue weighted by atomic mass is 32.2. The van der Waals surface area contributed by atoms with Gasteiger partial charge in [-0.3, -0.25) is 0 Å². The molecule has 0 spiro atoms. The maximum Gasteiger partial charge on any atom is 0.240 e. The minimum atomic E-state index is -3.61. The maximum atomic E-state index is 12.7. The van der Waals surface area contributed by atoms with Crippen molar-refractivity contribution in [3.05, 3.63) is 48.1 Å². The zero-order chi connectivity index (χ0) is 19.0. The Hall–Kier alpha value is -2.52. The highest BCUT2D eigenvalue weighted by molar-refractivity contribution is 7.89. The topological polar surface area (TPSA) is 103 Å². The third-order valence-corrected chi connectivity index (χ3v) is 6.16. The van der Waals surface area contributed by atoms with Crippen molar-refractivity contribution in [3.63, 3.8) is 0 Å². The van der Waals surface area contributed by atoms with Gasteiger partial charge in [0, 0.05) is 31.4 Å². The number of oxazole rings is 1. The molecule has 0 radical (unpaired) electrons. The van der Waals surface area contributed by atoms with Crippen LogP contribution in [-0.2, 0) is 29.4 Å². The summed E-state index contributed by atoms with van der Waals surface area (Å²) in [4.78, 5) is 8.94. The summed E-state index contributed by atoms with van der Waals surface area (Å²) in [6, 6.07) is 6.43. The summed E-state index contributed by atoms with van der Waals surface area (Å²) < 4.78 is 35.3. The van der Waals surface area contributed by atoms with Crippen LogP contribution in [0.1, 0.15) is 30.9 Å². The van der Waals surface area contributed by atoms with Crippen molar-refractivity contribution in [2.45, 2.75) is 50.6 Å². The molecule has 2 aromatic heterocycles. The van der Waals surface area contributed by atoms with Crippen LogP contribution in [0.15, 0.2) is 39.8 Å². The Morgan fingerprint density at radius 1 is 1.26 bits per heavy atom. The number of nitrogens with one attached hydrogen (secondary N) is 1. The van der Waals surface area contributed by atoms with Crippen LogP contribution in [0.5, 0.6) is 0 Å². The summed E-state index contributed by atoms with van der Waals surface area (Å²) >= 11 is 0. The molecule has 0 amide bonds. The lowest BCUT2D eigenvalue weighted by atomic mass is 10.1. The summed E-state index contributed by atoms with van der Waals surface area (Å²) in [5.74, 6) is 2.29. The predicted molar refractivity (Wildman–Crippen MR) is 98.5 cm³/mol. The number of hydrogen-bond acceptors (Lipinski definition) is 6. The van der Waals surface area contributed by atoms with Crippen LogP contribution in [0, 0.1) is 6.92 Å². The van der Waals surface area contributed by atoms with Gasteiger partial charge >= 0.3 is 0 Å². The molecule has 1 atom stereocenters. The quantitative estimate of drug-likeness (QED) is 0.719. The number of fused-ring (bicyclic) bond motifs is 1. The van der Waals surface area contributed by atoms with Gasteiger partial charge in [0.05, 0.1) is 11.4 Å². The van der Waals surface area contributed by atoms with Crippen molar-refractivity contribution in [3.8, 4) is 11.3 Å². The molecule has 0 saturated heterocycles. The van der Waals surface area contributed by atoms with Gasteiger partial charge in [-0.15, -0.1) is 0 Å². The molecule has 3 heterocycles. The molecule has 0 unspecified atom stereocenters. The lowest BCUT2D eigenvalue weighted by Gasteiger charge is -2.23. The molecule has 142 valence electrons. The predicted octanol–water partition coefficient (Wildman–Crippen LogP) is 2.10. The molecule has 3 aromatic rings. The molecule has 0 fully saturated rings. The molecule has 1 N–H and O–H groups in total. The van der Waals surface area contributed by atoms with Gasteiger partial charge in [-0.05, 0) is 18.6 Å². The number of nitrogens with zero attached hydrogens (tertiary/aromatic N) is 4. The van der Waals surface area contributed by atoms with Crippen molar-refractivity contribution in [2.75, 3.05) is 0 Å². The average molecular weight is 387 g/mol. The molecule has 27 heavy (non-hydrogen) atoms. The van der Waals surface area contributed by atoms with Gasteiger partial charge in [-0.1, -0.05) is 19.1 Å². The van der Waals surface area contributed by atoms with Gasteiger partial charge in [-0.25, -0.2) is 27.8 Å². The highest BCUT2D eigenvalue weighted by Gasteiger charge is 2.26. The number of benzene rings is 1.